The summed E-state index contributed by atoms with van der Waals surface area (Å²) in [6.07, 6.45) is 1.54. The van der Waals surface area contributed by atoms with Crippen molar-refractivity contribution in [1.82, 2.24) is 9.78 Å². The maximum atomic E-state index is 10.4. The van der Waals surface area contributed by atoms with Gasteiger partial charge in [-0.3, -0.25) is 0 Å². The Balaban J connectivity index is 2.57. The van der Waals surface area contributed by atoms with E-state index in [1.165, 1.54) is 0 Å². The lowest BCUT2D eigenvalue weighted by Crippen LogP contribution is -1.96. The Morgan fingerprint density at radius 3 is 2.61 bits per heavy atom. The van der Waals surface area contributed by atoms with Crippen molar-refractivity contribution >= 4 is 17.5 Å². The molecule has 0 fully saturated rings. The van der Waals surface area contributed by atoms with E-state index >= 15 is 0 Å². The average molecular weight is 239 g/mol. The van der Waals surface area contributed by atoms with E-state index in [-0.39, 0.29) is 0 Å². The highest BCUT2D eigenvalue weighted by Crippen LogP contribution is 2.22. The molecule has 0 unspecified atom stereocenters. The number of benzene rings is 1. The summed E-state index contributed by atoms with van der Waals surface area (Å²) in [6.45, 7) is 7.70. The van der Waals surface area contributed by atoms with E-state index in [4.69, 9.17) is 0 Å². The number of isocyanates is 1. The summed E-state index contributed by atoms with van der Waals surface area (Å²) in [7, 11) is 0. The van der Waals surface area contributed by atoms with Gasteiger partial charge in [0, 0.05) is 6.07 Å². The second-order valence-electron chi connectivity index (χ2n) is 4.12. The van der Waals surface area contributed by atoms with Gasteiger partial charge in [0.1, 0.15) is 0 Å². The number of aliphatic imine (C=N–C) groups is 1. The molecule has 18 heavy (non-hydrogen) atoms. The molecule has 1 aromatic heterocycles. The van der Waals surface area contributed by atoms with Crippen LogP contribution in [-0.4, -0.2) is 15.9 Å². The third-order valence-electron chi connectivity index (χ3n) is 2.57. The topological polar surface area (TPSA) is 47.2 Å². The zero-order valence-corrected chi connectivity index (χ0v) is 10.3. The Hall–Kier alpha value is -2.45. The van der Waals surface area contributed by atoms with Crippen LogP contribution in [0.2, 0.25) is 0 Å². The number of rotatable bonds is 3. The van der Waals surface area contributed by atoms with Gasteiger partial charge in [-0.25, -0.2) is 9.48 Å². The fourth-order valence-corrected chi connectivity index (χ4v) is 1.58. The van der Waals surface area contributed by atoms with Gasteiger partial charge in [-0.1, -0.05) is 24.3 Å². The van der Waals surface area contributed by atoms with E-state index < -0.39 is 0 Å². The number of allylic oxidation sites excluding steroid dienone is 1. The second-order valence-corrected chi connectivity index (χ2v) is 4.12. The number of aromatic nitrogens is 2. The van der Waals surface area contributed by atoms with Crippen molar-refractivity contribution in [2.45, 2.75) is 13.8 Å². The first kappa shape index (κ1) is 12.0. The molecule has 0 saturated heterocycles. The summed E-state index contributed by atoms with van der Waals surface area (Å²) in [6, 6.07) is 9.52. The first-order chi connectivity index (χ1) is 8.61. The number of hydrogen-bond acceptors (Lipinski definition) is 3. The molecule has 2 aromatic rings. The normalized spacial score (nSPS) is 9.89. The number of hydrogen-bond donors (Lipinski definition) is 0. The van der Waals surface area contributed by atoms with Crippen molar-refractivity contribution in [2.75, 3.05) is 0 Å². The Morgan fingerprint density at radius 1 is 1.39 bits per heavy atom. The molecule has 0 N–H and O–H groups in total. The molecule has 0 aliphatic rings. The van der Waals surface area contributed by atoms with E-state index in [1.54, 1.807) is 16.8 Å². The number of carbonyl (C=O) groups excluding carboxylic acids is 1. The highest BCUT2D eigenvalue weighted by Gasteiger charge is 2.09. The predicted octanol–water partition coefficient (Wildman–Crippen LogP) is 3.18. The quantitative estimate of drug-likeness (QED) is 0.610. The van der Waals surface area contributed by atoms with Crippen LogP contribution in [-0.2, 0) is 4.79 Å². The Labute approximate surface area is 105 Å². The summed E-state index contributed by atoms with van der Waals surface area (Å²) in [4.78, 5) is 14.1. The Morgan fingerprint density at radius 2 is 2.06 bits per heavy atom. The van der Waals surface area contributed by atoms with Gasteiger partial charge >= 0.3 is 0 Å². The maximum Gasteiger partial charge on any atom is 0.242 e. The zero-order valence-electron chi connectivity index (χ0n) is 10.3. The molecule has 90 valence electrons. The van der Waals surface area contributed by atoms with Gasteiger partial charge in [-0.05, 0) is 31.6 Å². The maximum absolute atomic E-state index is 10.4. The largest absolute Gasteiger partial charge is 0.242 e. The third-order valence-corrected chi connectivity index (χ3v) is 2.57. The van der Waals surface area contributed by atoms with E-state index in [1.807, 2.05) is 38.1 Å². The molecule has 1 aromatic carbocycles. The van der Waals surface area contributed by atoms with Crippen LogP contribution >= 0.6 is 0 Å². The van der Waals surface area contributed by atoms with Gasteiger partial charge in [0.25, 0.3) is 0 Å². The summed E-state index contributed by atoms with van der Waals surface area (Å²) >= 11 is 0. The molecule has 4 heteroatoms. The number of aryl methyl sites for hydroxylation is 1. The minimum atomic E-state index is 0.451. The van der Waals surface area contributed by atoms with Crippen molar-refractivity contribution in [3.05, 3.63) is 48.2 Å². The SMILES string of the molecule is C=C(C)c1cc(N=C=O)n(-c2ccc(C)cc2)n1. The van der Waals surface area contributed by atoms with Crippen LogP contribution < -0.4 is 0 Å². The fourth-order valence-electron chi connectivity index (χ4n) is 1.58. The summed E-state index contributed by atoms with van der Waals surface area (Å²) < 4.78 is 1.61. The summed E-state index contributed by atoms with van der Waals surface area (Å²) in [5.41, 5.74) is 3.54. The molecule has 0 spiro atoms. The van der Waals surface area contributed by atoms with Crippen molar-refractivity contribution in [3.63, 3.8) is 0 Å². The van der Waals surface area contributed by atoms with E-state index in [9.17, 15) is 4.79 Å². The van der Waals surface area contributed by atoms with Crippen LogP contribution in [0.1, 0.15) is 18.2 Å². The molecule has 0 atom stereocenters. The van der Waals surface area contributed by atoms with Crippen LogP contribution in [0.5, 0.6) is 0 Å². The fraction of sp³-hybridized carbons (Fsp3) is 0.143. The van der Waals surface area contributed by atoms with E-state index in [2.05, 4.69) is 16.7 Å². The van der Waals surface area contributed by atoms with Crippen LogP contribution in [0.4, 0.5) is 5.82 Å². The minimum absolute atomic E-state index is 0.451. The molecule has 0 aliphatic heterocycles. The van der Waals surface area contributed by atoms with Gasteiger partial charge in [-0.15, -0.1) is 4.99 Å². The summed E-state index contributed by atoms with van der Waals surface area (Å²) in [5.74, 6) is 0.451. The molecule has 0 bridgehead atoms. The first-order valence-electron chi connectivity index (χ1n) is 5.52. The highest BCUT2D eigenvalue weighted by atomic mass is 16.1. The van der Waals surface area contributed by atoms with Crippen LogP contribution in [0.3, 0.4) is 0 Å². The van der Waals surface area contributed by atoms with Crippen LogP contribution in [0.25, 0.3) is 11.3 Å². The number of nitrogens with zero attached hydrogens (tertiary/aromatic N) is 3. The summed E-state index contributed by atoms with van der Waals surface area (Å²) in [5, 5.41) is 4.37. The van der Waals surface area contributed by atoms with Gasteiger partial charge in [-0.2, -0.15) is 5.10 Å². The smallest absolute Gasteiger partial charge is 0.214 e. The average Bonchev–Trinajstić information content (AvgIpc) is 2.75. The lowest BCUT2D eigenvalue weighted by Gasteiger charge is -2.03. The lowest BCUT2D eigenvalue weighted by molar-refractivity contribution is 0.565. The Kier molecular flexibility index (Phi) is 3.22. The standard InChI is InChI=1S/C14H13N3O/c1-10(2)13-8-14(15-9-18)17(16-13)12-6-4-11(3)5-7-12/h4-8H,1H2,2-3H3. The first-order valence-corrected chi connectivity index (χ1v) is 5.52. The van der Waals surface area contributed by atoms with Gasteiger partial charge < -0.3 is 0 Å². The van der Waals surface area contributed by atoms with Gasteiger partial charge in [0.05, 0.1) is 11.4 Å². The van der Waals surface area contributed by atoms with Gasteiger partial charge in [0.2, 0.25) is 6.08 Å². The molecular formula is C14H13N3O. The van der Waals surface area contributed by atoms with Crippen LogP contribution in [0, 0.1) is 6.92 Å². The van der Waals surface area contributed by atoms with Crippen molar-refractivity contribution in [1.29, 1.82) is 0 Å². The lowest BCUT2D eigenvalue weighted by atomic mass is 10.2. The molecule has 1 heterocycles. The Bertz CT molecular complexity index is 632. The van der Waals surface area contributed by atoms with Crippen molar-refractivity contribution in [3.8, 4) is 5.69 Å². The second kappa shape index (κ2) is 4.82. The van der Waals surface area contributed by atoms with E-state index in [0.29, 0.717) is 11.5 Å². The molecule has 4 nitrogen and oxygen atoms in total. The molecule has 0 saturated carbocycles. The van der Waals surface area contributed by atoms with Crippen molar-refractivity contribution in [2.24, 2.45) is 4.99 Å². The van der Waals surface area contributed by atoms with Crippen molar-refractivity contribution < 1.29 is 4.79 Å². The molecular weight excluding hydrogens is 226 g/mol. The van der Waals surface area contributed by atoms with E-state index in [0.717, 1.165) is 16.8 Å². The van der Waals surface area contributed by atoms with Gasteiger partial charge in [0.15, 0.2) is 5.82 Å². The van der Waals surface area contributed by atoms with Crippen LogP contribution in [0.15, 0.2) is 41.9 Å². The molecule has 2 rings (SSSR count). The highest BCUT2D eigenvalue weighted by molar-refractivity contribution is 5.62. The zero-order chi connectivity index (χ0) is 13.1. The monoisotopic (exact) mass is 239 g/mol. The minimum Gasteiger partial charge on any atom is -0.214 e. The third kappa shape index (κ3) is 2.29. The molecule has 0 aliphatic carbocycles. The predicted molar refractivity (Wildman–Crippen MR) is 70.8 cm³/mol. The molecule has 0 radical (unpaired) electrons. The molecule has 0 amide bonds.